The van der Waals surface area contributed by atoms with Crippen molar-refractivity contribution in [3.8, 4) is 11.6 Å². The average Bonchev–Trinajstić information content (AvgIpc) is 2.71. The topological polar surface area (TPSA) is 68.5 Å². The van der Waals surface area contributed by atoms with E-state index in [2.05, 4.69) is 29.1 Å². The van der Waals surface area contributed by atoms with Crippen LogP contribution < -0.4 is 4.74 Å². The number of piperidine rings is 1. The molecule has 6 heteroatoms. The maximum atomic E-state index is 11.3. The highest BCUT2D eigenvalue weighted by molar-refractivity contribution is 5.48. The van der Waals surface area contributed by atoms with E-state index in [4.69, 9.17) is 4.74 Å². The molecule has 0 unspecified atom stereocenters. The van der Waals surface area contributed by atoms with Crippen LogP contribution in [0.4, 0.5) is 5.69 Å². The largest absolute Gasteiger partial charge is 0.434 e. The van der Waals surface area contributed by atoms with E-state index in [-0.39, 0.29) is 17.0 Å². The molecule has 146 valence electrons. The smallest absolute Gasteiger partial charge is 0.331 e. The van der Waals surface area contributed by atoms with Gasteiger partial charge in [-0.15, -0.1) is 0 Å². The van der Waals surface area contributed by atoms with Crippen molar-refractivity contribution < 1.29 is 9.66 Å². The molecule has 0 N–H and O–H groups in total. The predicted octanol–water partition coefficient (Wildman–Crippen LogP) is 4.47. The minimum absolute atomic E-state index is 0.0576. The van der Waals surface area contributed by atoms with Crippen LogP contribution in [0.5, 0.6) is 11.6 Å². The van der Waals surface area contributed by atoms with E-state index in [9.17, 15) is 10.1 Å². The van der Waals surface area contributed by atoms with Crippen LogP contribution in [0.3, 0.4) is 0 Å². The van der Waals surface area contributed by atoms with Gasteiger partial charge in [-0.3, -0.25) is 10.1 Å². The summed E-state index contributed by atoms with van der Waals surface area (Å²) >= 11 is 0. The van der Waals surface area contributed by atoms with Crippen molar-refractivity contribution in [2.75, 3.05) is 13.6 Å². The molecule has 6 nitrogen and oxygen atoms in total. The zero-order chi connectivity index (χ0) is 19.3. The number of hydrogen-bond donors (Lipinski definition) is 0. The van der Waals surface area contributed by atoms with E-state index in [1.165, 1.54) is 55.5 Å². The van der Waals surface area contributed by atoms with Crippen LogP contribution in [0.15, 0.2) is 36.5 Å². The van der Waals surface area contributed by atoms with Crippen LogP contribution in [0, 0.1) is 16.0 Å². The number of ether oxygens (including phenoxy) is 1. The number of fused-ring (bicyclic) bond motifs is 1. The van der Waals surface area contributed by atoms with Crippen molar-refractivity contribution in [2.45, 2.75) is 50.0 Å². The molecule has 2 aromatic rings. The SMILES string of the molecule is CN1CC[C@@]23CCCC[C@@H]2[C@@H]1Cc1ccc(Oc2ncccc2[N+](=O)[O-])cc13. The molecule has 1 saturated carbocycles. The molecule has 1 aliphatic heterocycles. The highest BCUT2D eigenvalue weighted by Gasteiger charge is 2.53. The van der Waals surface area contributed by atoms with Gasteiger partial charge in [-0.1, -0.05) is 18.9 Å². The fourth-order valence-electron chi connectivity index (χ4n) is 5.95. The zero-order valence-corrected chi connectivity index (χ0v) is 16.1. The van der Waals surface area contributed by atoms with Gasteiger partial charge in [-0.05, 0) is 74.5 Å². The van der Waals surface area contributed by atoms with Crippen molar-refractivity contribution in [1.29, 1.82) is 0 Å². The van der Waals surface area contributed by atoms with Crippen LogP contribution in [-0.2, 0) is 11.8 Å². The molecule has 5 rings (SSSR count). The second-order valence-electron chi connectivity index (χ2n) is 8.52. The minimum atomic E-state index is -0.446. The summed E-state index contributed by atoms with van der Waals surface area (Å²) in [6.45, 7) is 1.14. The number of rotatable bonds is 3. The molecule has 3 atom stereocenters. The molecule has 0 spiro atoms. The summed E-state index contributed by atoms with van der Waals surface area (Å²) in [5.41, 5.74) is 2.96. The van der Waals surface area contributed by atoms with Crippen molar-refractivity contribution >= 4 is 5.69 Å². The molecule has 2 heterocycles. The highest BCUT2D eigenvalue weighted by Crippen LogP contribution is 2.56. The average molecular weight is 379 g/mol. The Bertz CT molecular complexity index is 931. The molecular formula is C22H25N3O3. The fraction of sp³-hybridized carbons (Fsp3) is 0.500. The lowest BCUT2D eigenvalue weighted by Gasteiger charge is -2.58. The lowest BCUT2D eigenvalue weighted by Crippen LogP contribution is -2.59. The number of hydrogen-bond acceptors (Lipinski definition) is 5. The molecule has 2 aliphatic carbocycles. The quantitative estimate of drug-likeness (QED) is 0.581. The molecule has 2 fully saturated rings. The Hall–Kier alpha value is -2.47. The van der Waals surface area contributed by atoms with E-state index in [1.54, 1.807) is 6.07 Å². The number of pyridine rings is 1. The first-order valence-corrected chi connectivity index (χ1v) is 10.2. The summed E-state index contributed by atoms with van der Waals surface area (Å²) < 4.78 is 5.91. The van der Waals surface area contributed by atoms with Gasteiger partial charge >= 0.3 is 5.69 Å². The second kappa shape index (κ2) is 6.55. The molecule has 1 aromatic heterocycles. The van der Waals surface area contributed by atoms with Crippen LogP contribution in [0.25, 0.3) is 0 Å². The maximum absolute atomic E-state index is 11.3. The summed E-state index contributed by atoms with van der Waals surface area (Å²) in [5.74, 6) is 1.41. The van der Waals surface area contributed by atoms with Crippen LogP contribution in [-0.4, -0.2) is 34.4 Å². The molecule has 0 amide bonds. The minimum Gasteiger partial charge on any atom is -0.434 e. The Labute approximate surface area is 164 Å². The molecular weight excluding hydrogens is 354 g/mol. The third-order valence-electron chi connectivity index (χ3n) is 7.25. The molecule has 2 bridgehead atoms. The Balaban J connectivity index is 1.55. The van der Waals surface area contributed by atoms with Crippen LogP contribution >= 0.6 is 0 Å². The summed E-state index contributed by atoms with van der Waals surface area (Å²) in [6.07, 6.45) is 8.93. The summed E-state index contributed by atoms with van der Waals surface area (Å²) in [6, 6.07) is 9.86. The first-order chi connectivity index (χ1) is 13.6. The number of likely N-dealkylation sites (tertiary alicyclic amines) is 1. The van der Waals surface area contributed by atoms with Gasteiger partial charge < -0.3 is 9.64 Å². The van der Waals surface area contributed by atoms with Crippen LogP contribution in [0.2, 0.25) is 0 Å². The summed E-state index contributed by atoms with van der Waals surface area (Å²) in [4.78, 5) is 17.5. The summed E-state index contributed by atoms with van der Waals surface area (Å²) in [7, 11) is 2.27. The van der Waals surface area contributed by atoms with E-state index in [1.807, 2.05) is 6.07 Å². The van der Waals surface area contributed by atoms with Crippen molar-refractivity contribution in [3.63, 3.8) is 0 Å². The van der Waals surface area contributed by atoms with Gasteiger partial charge in [-0.2, -0.15) is 0 Å². The first-order valence-electron chi connectivity index (χ1n) is 10.2. The van der Waals surface area contributed by atoms with Gasteiger partial charge in [0.05, 0.1) is 4.92 Å². The van der Waals surface area contributed by atoms with Crippen LogP contribution in [0.1, 0.15) is 43.2 Å². The monoisotopic (exact) mass is 379 g/mol. The normalized spacial score (nSPS) is 28.9. The van der Waals surface area contributed by atoms with E-state index < -0.39 is 4.92 Å². The third-order valence-corrected chi connectivity index (χ3v) is 7.25. The second-order valence-corrected chi connectivity index (χ2v) is 8.52. The van der Waals surface area contributed by atoms with Crippen molar-refractivity contribution in [1.82, 2.24) is 9.88 Å². The number of aromatic nitrogens is 1. The third kappa shape index (κ3) is 2.62. The molecule has 28 heavy (non-hydrogen) atoms. The van der Waals surface area contributed by atoms with Gasteiger partial charge in [0.2, 0.25) is 0 Å². The van der Waals surface area contributed by atoms with Crippen molar-refractivity contribution in [2.24, 2.45) is 5.92 Å². The number of likely N-dealkylation sites (N-methyl/N-ethyl adjacent to an activating group) is 1. The zero-order valence-electron chi connectivity index (χ0n) is 16.1. The molecule has 1 aromatic carbocycles. The van der Waals surface area contributed by atoms with Gasteiger partial charge in [0, 0.05) is 23.7 Å². The number of benzene rings is 1. The van der Waals surface area contributed by atoms with E-state index in [0.717, 1.165) is 13.0 Å². The molecule has 1 saturated heterocycles. The maximum Gasteiger partial charge on any atom is 0.331 e. The Morgan fingerprint density at radius 3 is 3.04 bits per heavy atom. The lowest BCUT2D eigenvalue weighted by atomic mass is 9.52. The van der Waals surface area contributed by atoms with Gasteiger partial charge in [0.15, 0.2) is 0 Å². The Morgan fingerprint density at radius 2 is 2.18 bits per heavy atom. The van der Waals surface area contributed by atoms with E-state index >= 15 is 0 Å². The highest BCUT2D eigenvalue weighted by atomic mass is 16.6. The predicted molar refractivity (Wildman–Crippen MR) is 106 cm³/mol. The summed E-state index contributed by atoms with van der Waals surface area (Å²) in [5, 5.41) is 11.3. The fourth-order valence-corrected chi connectivity index (χ4v) is 5.95. The number of nitro groups is 1. The first kappa shape index (κ1) is 17.6. The lowest BCUT2D eigenvalue weighted by molar-refractivity contribution is -0.386. The molecule has 0 radical (unpaired) electrons. The number of nitrogens with zero attached hydrogens (tertiary/aromatic N) is 3. The standard InChI is InChI=1S/C22H25N3O3/c1-24-12-10-22-9-3-2-5-17(22)20(24)13-15-7-8-16(14-18(15)22)28-21-19(25(26)27)6-4-11-23-21/h4,6-8,11,14,17,20H,2-3,5,9-10,12-13H2,1H3/t17-,20+,22+/m1/s1. The van der Waals surface area contributed by atoms with Crippen molar-refractivity contribution in [3.05, 3.63) is 57.8 Å². The van der Waals surface area contributed by atoms with Gasteiger partial charge in [0.1, 0.15) is 5.75 Å². The Kier molecular flexibility index (Phi) is 4.12. The van der Waals surface area contributed by atoms with Gasteiger partial charge in [-0.25, -0.2) is 4.98 Å². The molecule has 3 aliphatic rings. The Morgan fingerprint density at radius 1 is 1.29 bits per heavy atom. The van der Waals surface area contributed by atoms with Gasteiger partial charge in [0.25, 0.3) is 5.88 Å². The van der Waals surface area contributed by atoms with E-state index in [0.29, 0.717) is 17.7 Å².